The molecule has 0 saturated heterocycles. The van der Waals surface area contributed by atoms with Crippen LogP contribution < -0.4 is 5.32 Å². The number of hydrogen-bond donors (Lipinski definition) is 2. The SMILES string of the molecule is Cc1cccc(CN(C)C(=O)NC(C)CCC(=O)O)c1. The number of aryl methyl sites for hydroxylation is 1. The van der Waals surface area contributed by atoms with Gasteiger partial charge in [-0.15, -0.1) is 0 Å². The standard InChI is InChI=1S/C15H22N2O3/c1-11-5-4-6-13(9-11)10-17(3)15(20)16-12(2)7-8-14(18)19/h4-6,9,12H,7-8,10H2,1-3H3,(H,16,20)(H,18,19). The normalized spacial score (nSPS) is 11.8. The molecule has 1 rings (SSSR count). The fraction of sp³-hybridized carbons (Fsp3) is 0.467. The Hall–Kier alpha value is -2.04. The molecule has 2 amide bonds. The van der Waals surface area contributed by atoms with Crippen LogP contribution in [0.3, 0.4) is 0 Å². The number of rotatable bonds is 6. The van der Waals surface area contributed by atoms with Crippen LogP contribution >= 0.6 is 0 Å². The minimum atomic E-state index is -0.848. The monoisotopic (exact) mass is 278 g/mol. The number of hydrogen-bond acceptors (Lipinski definition) is 2. The Morgan fingerprint density at radius 3 is 2.70 bits per heavy atom. The van der Waals surface area contributed by atoms with Crippen molar-refractivity contribution in [3.05, 3.63) is 35.4 Å². The first-order chi connectivity index (χ1) is 9.38. The number of aliphatic carboxylic acids is 1. The second-order valence-corrected chi connectivity index (χ2v) is 5.13. The van der Waals surface area contributed by atoms with Crippen molar-refractivity contribution in [2.24, 2.45) is 0 Å². The molecule has 0 radical (unpaired) electrons. The van der Waals surface area contributed by atoms with E-state index in [2.05, 4.69) is 5.32 Å². The van der Waals surface area contributed by atoms with Crippen LogP contribution in [0.25, 0.3) is 0 Å². The first-order valence-electron chi connectivity index (χ1n) is 6.67. The van der Waals surface area contributed by atoms with Crippen molar-refractivity contribution in [1.82, 2.24) is 10.2 Å². The molecule has 1 unspecified atom stereocenters. The van der Waals surface area contributed by atoms with E-state index >= 15 is 0 Å². The summed E-state index contributed by atoms with van der Waals surface area (Å²) in [6, 6.07) is 7.65. The summed E-state index contributed by atoms with van der Waals surface area (Å²) in [5, 5.41) is 11.4. The minimum absolute atomic E-state index is 0.0586. The second-order valence-electron chi connectivity index (χ2n) is 5.13. The number of urea groups is 1. The Kier molecular flexibility index (Phi) is 6.03. The number of nitrogens with zero attached hydrogens (tertiary/aromatic N) is 1. The Morgan fingerprint density at radius 2 is 2.10 bits per heavy atom. The summed E-state index contributed by atoms with van der Waals surface area (Å²) in [6.45, 7) is 4.35. The molecule has 0 fully saturated rings. The van der Waals surface area contributed by atoms with Gasteiger partial charge in [0.05, 0.1) is 0 Å². The number of carboxylic acids is 1. The van der Waals surface area contributed by atoms with Gasteiger partial charge in [0.1, 0.15) is 0 Å². The lowest BCUT2D eigenvalue weighted by atomic mass is 10.1. The van der Waals surface area contributed by atoms with Crippen LogP contribution in [0.5, 0.6) is 0 Å². The molecular weight excluding hydrogens is 256 g/mol. The van der Waals surface area contributed by atoms with E-state index in [0.29, 0.717) is 13.0 Å². The highest BCUT2D eigenvalue weighted by Gasteiger charge is 2.13. The third kappa shape index (κ3) is 5.73. The molecule has 1 aromatic carbocycles. The minimum Gasteiger partial charge on any atom is -0.481 e. The van der Waals surface area contributed by atoms with Gasteiger partial charge in [0, 0.05) is 26.1 Å². The highest BCUT2D eigenvalue weighted by atomic mass is 16.4. The van der Waals surface area contributed by atoms with Gasteiger partial charge in [-0.2, -0.15) is 0 Å². The van der Waals surface area contributed by atoms with Gasteiger partial charge in [0.25, 0.3) is 0 Å². The van der Waals surface area contributed by atoms with E-state index in [1.165, 1.54) is 0 Å². The molecule has 20 heavy (non-hydrogen) atoms. The van der Waals surface area contributed by atoms with Crippen molar-refractivity contribution in [2.45, 2.75) is 39.3 Å². The molecule has 1 aromatic rings. The van der Waals surface area contributed by atoms with Crippen molar-refractivity contribution < 1.29 is 14.7 Å². The fourth-order valence-corrected chi connectivity index (χ4v) is 1.89. The van der Waals surface area contributed by atoms with Crippen LogP contribution in [-0.2, 0) is 11.3 Å². The van der Waals surface area contributed by atoms with Crippen molar-refractivity contribution in [3.8, 4) is 0 Å². The average Bonchev–Trinajstić information content (AvgIpc) is 2.36. The van der Waals surface area contributed by atoms with Gasteiger partial charge in [0.15, 0.2) is 0 Å². The fourth-order valence-electron chi connectivity index (χ4n) is 1.89. The summed E-state index contributed by atoms with van der Waals surface area (Å²) < 4.78 is 0. The van der Waals surface area contributed by atoms with Gasteiger partial charge in [-0.05, 0) is 25.8 Å². The topological polar surface area (TPSA) is 69.6 Å². The quantitative estimate of drug-likeness (QED) is 0.839. The first kappa shape index (κ1) is 16.0. The van der Waals surface area contributed by atoms with Gasteiger partial charge in [-0.25, -0.2) is 4.79 Å². The maximum absolute atomic E-state index is 12.0. The van der Waals surface area contributed by atoms with Gasteiger partial charge in [-0.1, -0.05) is 29.8 Å². The molecule has 1 atom stereocenters. The lowest BCUT2D eigenvalue weighted by Gasteiger charge is -2.21. The number of benzene rings is 1. The molecule has 0 bridgehead atoms. The van der Waals surface area contributed by atoms with Crippen LogP contribution in [0.4, 0.5) is 4.79 Å². The third-order valence-corrected chi connectivity index (χ3v) is 3.01. The number of carbonyl (C=O) groups is 2. The molecule has 5 heteroatoms. The number of nitrogens with one attached hydrogen (secondary N) is 1. The summed E-state index contributed by atoms with van der Waals surface area (Å²) in [4.78, 5) is 24.0. The number of amides is 2. The van der Waals surface area contributed by atoms with Crippen molar-refractivity contribution >= 4 is 12.0 Å². The van der Waals surface area contributed by atoms with Crippen LogP contribution in [0, 0.1) is 6.92 Å². The number of carboxylic acid groups (broad SMARTS) is 1. The van der Waals surface area contributed by atoms with Crippen molar-refractivity contribution in [2.75, 3.05) is 7.05 Å². The molecule has 0 heterocycles. The molecule has 5 nitrogen and oxygen atoms in total. The zero-order valence-corrected chi connectivity index (χ0v) is 12.2. The molecule has 0 aliphatic rings. The maximum atomic E-state index is 12.0. The summed E-state index contributed by atoms with van der Waals surface area (Å²) >= 11 is 0. The van der Waals surface area contributed by atoms with Gasteiger partial charge >= 0.3 is 12.0 Å². The molecule has 2 N–H and O–H groups in total. The molecule has 0 spiro atoms. The van der Waals surface area contributed by atoms with Crippen LogP contribution in [0.1, 0.15) is 30.9 Å². The first-order valence-corrected chi connectivity index (χ1v) is 6.67. The predicted molar refractivity (Wildman–Crippen MR) is 77.5 cm³/mol. The largest absolute Gasteiger partial charge is 0.481 e. The van der Waals surface area contributed by atoms with Crippen molar-refractivity contribution in [3.63, 3.8) is 0 Å². The van der Waals surface area contributed by atoms with Gasteiger partial charge < -0.3 is 15.3 Å². The predicted octanol–water partition coefficient (Wildman–Crippen LogP) is 2.39. The highest BCUT2D eigenvalue weighted by Crippen LogP contribution is 2.07. The van der Waals surface area contributed by atoms with E-state index in [1.54, 1.807) is 18.9 Å². The van der Waals surface area contributed by atoms with Gasteiger partial charge in [-0.3, -0.25) is 4.79 Å². The highest BCUT2D eigenvalue weighted by molar-refractivity contribution is 5.74. The van der Waals surface area contributed by atoms with E-state index in [4.69, 9.17) is 5.11 Å². The molecule has 0 aliphatic carbocycles. The molecule has 110 valence electrons. The lowest BCUT2D eigenvalue weighted by molar-refractivity contribution is -0.137. The molecular formula is C15H22N2O3. The van der Waals surface area contributed by atoms with E-state index < -0.39 is 5.97 Å². The van der Waals surface area contributed by atoms with E-state index in [9.17, 15) is 9.59 Å². The summed E-state index contributed by atoms with van der Waals surface area (Å²) in [5.41, 5.74) is 2.23. The molecule has 0 aliphatic heterocycles. The zero-order valence-electron chi connectivity index (χ0n) is 12.2. The Balaban J connectivity index is 2.44. The third-order valence-electron chi connectivity index (χ3n) is 3.01. The Morgan fingerprint density at radius 1 is 1.40 bits per heavy atom. The molecule has 0 saturated carbocycles. The second kappa shape index (κ2) is 7.53. The smallest absolute Gasteiger partial charge is 0.317 e. The van der Waals surface area contributed by atoms with Crippen LogP contribution in [0.2, 0.25) is 0 Å². The van der Waals surface area contributed by atoms with Crippen LogP contribution in [-0.4, -0.2) is 35.1 Å². The summed E-state index contributed by atoms with van der Waals surface area (Å²) in [5.74, 6) is -0.848. The van der Waals surface area contributed by atoms with E-state index in [1.807, 2.05) is 31.2 Å². The molecule has 0 aromatic heterocycles. The van der Waals surface area contributed by atoms with Gasteiger partial charge in [0.2, 0.25) is 0 Å². The number of carbonyl (C=O) groups excluding carboxylic acids is 1. The van der Waals surface area contributed by atoms with Crippen LogP contribution in [0.15, 0.2) is 24.3 Å². The summed E-state index contributed by atoms with van der Waals surface area (Å²) in [7, 11) is 1.72. The van der Waals surface area contributed by atoms with Crippen molar-refractivity contribution in [1.29, 1.82) is 0 Å². The maximum Gasteiger partial charge on any atom is 0.317 e. The average molecular weight is 278 g/mol. The lowest BCUT2D eigenvalue weighted by Crippen LogP contribution is -2.41. The zero-order chi connectivity index (χ0) is 15.1. The van der Waals surface area contributed by atoms with E-state index in [0.717, 1.165) is 11.1 Å². The Bertz CT molecular complexity index is 474. The Labute approximate surface area is 119 Å². The van der Waals surface area contributed by atoms with E-state index in [-0.39, 0.29) is 18.5 Å². The summed E-state index contributed by atoms with van der Waals surface area (Å²) in [6.07, 6.45) is 0.488.